The molecule has 0 spiro atoms. The van der Waals surface area contributed by atoms with E-state index >= 15 is 0 Å². The molecule has 3 heterocycles. The van der Waals surface area contributed by atoms with E-state index in [0.717, 1.165) is 26.2 Å². The van der Waals surface area contributed by atoms with Crippen LogP contribution in [0.25, 0.3) is 10.9 Å². The van der Waals surface area contributed by atoms with Gasteiger partial charge in [-0.3, -0.25) is 4.90 Å². The Balaban J connectivity index is 1.73. The van der Waals surface area contributed by atoms with Gasteiger partial charge in [0, 0.05) is 50.3 Å². The van der Waals surface area contributed by atoms with Gasteiger partial charge in [-0.2, -0.15) is 0 Å². The minimum Gasteiger partial charge on any atom is -0.347 e. The van der Waals surface area contributed by atoms with Gasteiger partial charge in [-0.05, 0) is 43.0 Å². The summed E-state index contributed by atoms with van der Waals surface area (Å²) in [6, 6.07) is 7.69. The van der Waals surface area contributed by atoms with E-state index in [9.17, 15) is 0 Å². The first-order valence-electron chi connectivity index (χ1n) is 7.89. The van der Waals surface area contributed by atoms with E-state index in [0.29, 0.717) is 6.04 Å². The van der Waals surface area contributed by atoms with Crippen LogP contribution in [-0.4, -0.2) is 35.6 Å². The lowest BCUT2D eigenvalue weighted by atomic mass is 9.96. The van der Waals surface area contributed by atoms with Crippen LogP contribution in [0.5, 0.6) is 0 Å². The fourth-order valence-corrected chi connectivity index (χ4v) is 3.80. The zero-order valence-corrected chi connectivity index (χ0v) is 12.2. The summed E-state index contributed by atoms with van der Waals surface area (Å²) in [5.74, 6) is 0. The molecule has 1 unspecified atom stereocenters. The molecule has 0 radical (unpaired) electrons. The molecule has 1 aromatic heterocycles. The van der Waals surface area contributed by atoms with Crippen molar-refractivity contribution in [3.63, 3.8) is 0 Å². The molecule has 0 aliphatic carbocycles. The second-order valence-corrected chi connectivity index (χ2v) is 6.19. The number of hydrogen-bond donors (Lipinski definition) is 1. The van der Waals surface area contributed by atoms with Gasteiger partial charge in [0.25, 0.3) is 0 Å². The second-order valence-electron chi connectivity index (χ2n) is 6.19. The summed E-state index contributed by atoms with van der Waals surface area (Å²) in [4.78, 5) is 2.60. The number of rotatable bonds is 2. The molecule has 2 aromatic rings. The monoisotopic (exact) mass is 269 g/mol. The van der Waals surface area contributed by atoms with Crippen molar-refractivity contribution in [2.45, 2.75) is 32.4 Å². The molecular formula is C17H23N3. The smallest absolute Gasteiger partial charge is 0.0513 e. The molecule has 106 valence electrons. The third-order valence-corrected chi connectivity index (χ3v) is 4.99. The molecule has 1 saturated heterocycles. The van der Waals surface area contributed by atoms with E-state index in [1.54, 1.807) is 5.56 Å². The van der Waals surface area contributed by atoms with Gasteiger partial charge in [0.1, 0.15) is 0 Å². The maximum Gasteiger partial charge on any atom is 0.0513 e. The van der Waals surface area contributed by atoms with E-state index in [2.05, 4.69) is 46.1 Å². The SMILES string of the molecule is CC(c1cc2c3c(ccn3CCC2)c1)N1CCNCC1. The third kappa shape index (κ3) is 1.97. The zero-order valence-electron chi connectivity index (χ0n) is 12.2. The minimum absolute atomic E-state index is 0.531. The number of hydrogen-bond acceptors (Lipinski definition) is 2. The highest BCUT2D eigenvalue weighted by Crippen LogP contribution is 2.31. The average Bonchev–Trinajstić information content (AvgIpc) is 2.92. The van der Waals surface area contributed by atoms with Gasteiger partial charge >= 0.3 is 0 Å². The van der Waals surface area contributed by atoms with Crippen molar-refractivity contribution < 1.29 is 0 Å². The molecule has 2 aliphatic rings. The van der Waals surface area contributed by atoms with Crippen LogP contribution in [0.3, 0.4) is 0 Å². The topological polar surface area (TPSA) is 20.2 Å². The highest BCUT2D eigenvalue weighted by molar-refractivity contribution is 5.84. The third-order valence-electron chi connectivity index (χ3n) is 4.99. The summed E-state index contributed by atoms with van der Waals surface area (Å²) in [5.41, 5.74) is 4.53. The summed E-state index contributed by atoms with van der Waals surface area (Å²) in [6.45, 7) is 8.11. The molecule has 3 heteroatoms. The average molecular weight is 269 g/mol. The Hall–Kier alpha value is -1.32. The summed E-state index contributed by atoms with van der Waals surface area (Å²) in [7, 11) is 0. The number of nitrogens with zero attached hydrogens (tertiary/aromatic N) is 2. The van der Waals surface area contributed by atoms with Crippen LogP contribution in [0, 0.1) is 0 Å². The lowest BCUT2D eigenvalue weighted by Gasteiger charge is -2.33. The van der Waals surface area contributed by atoms with Crippen LogP contribution in [-0.2, 0) is 13.0 Å². The van der Waals surface area contributed by atoms with Crippen molar-refractivity contribution in [3.05, 3.63) is 35.5 Å². The number of aryl methyl sites for hydroxylation is 2. The standard InChI is InChI=1S/C17H23N3/c1-13(19-9-5-18-6-10-19)16-11-14-3-2-7-20-8-4-15(12-16)17(14)20/h4,8,11-13,18H,2-3,5-7,9-10H2,1H3. The van der Waals surface area contributed by atoms with Gasteiger partial charge in [-0.25, -0.2) is 0 Å². The summed E-state index contributed by atoms with van der Waals surface area (Å²) in [6.07, 6.45) is 4.78. The Morgan fingerprint density at radius 3 is 2.85 bits per heavy atom. The number of aromatic nitrogens is 1. The second kappa shape index (κ2) is 4.90. The van der Waals surface area contributed by atoms with Crippen molar-refractivity contribution in [3.8, 4) is 0 Å². The largest absolute Gasteiger partial charge is 0.347 e. The predicted molar refractivity (Wildman–Crippen MR) is 83.1 cm³/mol. The highest BCUT2D eigenvalue weighted by atomic mass is 15.2. The van der Waals surface area contributed by atoms with Crippen LogP contribution in [0.4, 0.5) is 0 Å². The van der Waals surface area contributed by atoms with Gasteiger partial charge in [0.15, 0.2) is 0 Å². The molecule has 0 bridgehead atoms. The molecule has 1 fully saturated rings. The van der Waals surface area contributed by atoms with Crippen molar-refractivity contribution in [1.82, 2.24) is 14.8 Å². The fraction of sp³-hybridized carbons (Fsp3) is 0.529. The molecule has 3 nitrogen and oxygen atoms in total. The molecule has 1 N–H and O–H groups in total. The Morgan fingerprint density at radius 2 is 2.00 bits per heavy atom. The Bertz CT molecular complexity index is 622. The van der Waals surface area contributed by atoms with Crippen LogP contribution in [0.15, 0.2) is 24.4 Å². The lowest BCUT2D eigenvalue weighted by Crippen LogP contribution is -2.44. The van der Waals surface area contributed by atoms with Gasteiger partial charge in [-0.15, -0.1) is 0 Å². The number of benzene rings is 1. The first kappa shape index (κ1) is 12.4. The van der Waals surface area contributed by atoms with Gasteiger partial charge in [0.2, 0.25) is 0 Å². The maximum absolute atomic E-state index is 3.44. The van der Waals surface area contributed by atoms with Crippen LogP contribution < -0.4 is 5.32 Å². The van der Waals surface area contributed by atoms with Crippen LogP contribution in [0.1, 0.15) is 30.5 Å². The molecule has 4 rings (SSSR count). The zero-order chi connectivity index (χ0) is 13.5. The van der Waals surface area contributed by atoms with Crippen molar-refractivity contribution >= 4 is 10.9 Å². The minimum atomic E-state index is 0.531. The highest BCUT2D eigenvalue weighted by Gasteiger charge is 2.20. The first-order chi connectivity index (χ1) is 9.83. The maximum atomic E-state index is 3.44. The fourth-order valence-electron chi connectivity index (χ4n) is 3.80. The summed E-state index contributed by atoms with van der Waals surface area (Å²) in [5, 5.41) is 4.87. The quantitative estimate of drug-likeness (QED) is 0.904. The van der Waals surface area contributed by atoms with Crippen molar-refractivity contribution in [2.75, 3.05) is 26.2 Å². The molecule has 1 atom stereocenters. The van der Waals surface area contributed by atoms with E-state index < -0.39 is 0 Å². The van der Waals surface area contributed by atoms with Gasteiger partial charge in [0.05, 0.1) is 5.52 Å². The molecule has 20 heavy (non-hydrogen) atoms. The van der Waals surface area contributed by atoms with Gasteiger partial charge < -0.3 is 9.88 Å². The molecule has 1 aromatic carbocycles. The van der Waals surface area contributed by atoms with Crippen LogP contribution in [0.2, 0.25) is 0 Å². The first-order valence-corrected chi connectivity index (χ1v) is 7.89. The van der Waals surface area contributed by atoms with E-state index in [1.807, 2.05) is 0 Å². The summed E-state index contributed by atoms with van der Waals surface area (Å²) < 4.78 is 2.42. The van der Waals surface area contributed by atoms with E-state index in [4.69, 9.17) is 0 Å². The Kier molecular flexibility index (Phi) is 3.04. The predicted octanol–water partition coefficient (Wildman–Crippen LogP) is 2.55. The van der Waals surface area contributed by atoms with Crippen molar-refractivity contribution in [1.29, 1.82) is 0 Å². The van der Waals surface area contributed by atoms with Gasteiger partial charge in [-0.1, -0.05) is 6.07 Å². The summed E-state index contributed by atoms with van der Waals surface area (Å²) >= 11 is 0. The van der Waals surface area contributed by atoms with E-state index in [-0.39, 0.29) is 0 Å². The number of nitrogens with one attached hydrogen (secondary N) is 1. The van der Waals surface area contributed by atoms with Crippen LogP contribution >= 0.6 is 0 Å². The van der Waals surface area contributed by atoms with Crippen molar-refractivity contribution in [2.24, 2.45) is 0 Å². The Labute approximate surface area is 120 Å². The number of piperazine rings is 1. The van der Waals surface area contributed by atoms with E-state index in [1.165, 1.54) is 35.9 Å². The Morgan fingerprint density at radius 1 is 1.15 bits per heavy atom. The normalized spacial score (nSPS) is 21.2. The lowest BCUT2D eigenvalue weighted by molar-refractivity contribution is 0.185. The molecular weight excluding hydrogens is 246 g/mol. The molecule has 0 amide bonds. The molecule has 2 aliphatic heterocycles. The molecule has 0 saturated carbocycles.